The zero-order valence-electron chi connectivity index (χ0n) is 16.1. The van der Waals surface area contributed by atoms with Crippen molar-refractivity contribution in [3.8, 4) is 5.75 Å². The monoisotopic (exact) mass is 394 g/mol. The van der Waals surface area contributed by atoms with E-state index < -0.39 is 24.0 Å². The van der Waals surface area contributed by atoms with Crippen LogP contribution in [0.4, 0.5) is 11.4 Å². The molecule has 29 heavy (non-hydrogen) atoms. The fourth-order valence-corrected chi connectivity index (χ4v) is 4.13. The molecule has 0 unspecified atom stereocenters. The summed E-state index contributed by atoms with van der Waals surface area (Å²) in [6, 6.07) is 13.6. The molecule has 1 aliphatic carbocycles. The highest BCUT2D eigenvalue weighted by atomic mass is 16.5. The van der Waals surface area contributed by atoms with E-state index in [9.17, 15) is 14.4 Å². The molecule has 0 aromatic heterocycles. The Balaban J connectivity index is 1.55. The SMILES string of the molecule is COc1ccc(C(=O)OCC(=O)N2c3ccccc3NC(=O)C23CCCC3)cc1. The summed E-state index contributed by atoms with van der Waals surface area (Å²) in [4.78, 5) is 39.9. The first-order valence-corrected chi connectivity index (χ1v) is 9.60. The van der Waals surface area contributed by atoms with Crippen LogP contribution < -0.4 is 15.0 Å². The predicted octanol–water partition coefficient (Wildman–Crippen LogP) is 3.15. The van der Waals surface area contributed by atoms with Gasteiger partial charge in [0.1, 0.15) is 11.3 Å². The number of hydrogen-bond acceptors (Lipinski definition) is 5. The first-order chi connectivity index (χ1) is 14.0. The molecule has 1 fully saturated rings. The molecule has 1 saturated carbocycles. The van der Waals surface area contributed by atoms with Crippen LogP contribution in [0.3, 0.4) is 0 Å². The molecule has 2 aliphatic rings. The van der Waals surface area contributed by atoms with Gasteiger partial charge in [0.05, 0.1) is 24.0 Å². The molecule has 1 aliphatic heterocycles. The molecule has 7 heteroatoms. The van der Waals surface area contributed by atoms with Crippen molar-refractivity contribution < 1.29 is 23.9 Å². The largest absolute Gasteiger partial charge is 0.497 e. The Labute approximate surface area is 168 Å². The third-order valence-electron chi connectivity index (χ3n) is 5.58. The van der Waals surface area contributed by atoms with Gasteiger partial charge in [-0.1, -0.05) is 25.0 Å². The van der Waals surface area contributed by atoms with Crippen molar-refractivity contribution in [1.82, 2.24) is 0 Å². The fraction of sp³-hybridized carbons (Fsp3) is 0.318. The maximum Gasteiger partial charge on any atom is 0.338 e. The summed E-state index contributed by atoms with van der Waals surface area (Å²) in [5, 5.41) is 2.93. The number of rotatable bonds is 4. The first kappa shape index (κ1) is 19.0. The molecule has 2 aromatic carbocycles. The van der Waals surface area contributed by atoms with Gasteiger partial charge in [-0.2, -0.15) is 0 Å². The Morgan fingerprint density at radius 3 is 2.45 bits per heavy atom. The van der Waals surface area contributed by atoms with Gasteiger partial charge in [-0.25, -0.2) is 4.79 Å². The van der Waals surface area contributed by atoms with Gasteiger partial charge < -0.3 is 14.8 Å². The maximum atomic E-state index is 13.2. The molecule has 2 aromatic rings. The normalized spacial score (nSPS) is 16.9. The minimum absolute atomic E-state index is 0.177. The number of methoxy groups -OCH3 is 1. The molecule has 1 N–H and O–H groups in total. The molecule has 150 valence electrons. The number of carbonyl (C=O) groups is 3. The standard InChI is InChI=1S/C22H22N2O5/c1-28-16-10-8-15(9-11-16)20(26)29-14-19(25)24-18-7-3-2-6-17(18)23-21(27)22(24)12-4-5-13-22/h2-3,6-11H,4-5,12-14H2,1H3,(H,23,27). The van der Waals surface area contributed by atoms with Crippen LogP contribution in [0, 0.1) is 0 Å². The van der Waals surface area contributed by atoms with E-state index in [4.69, 9.17) is 9.47 Å². The quantitative estimate of drug-likeness (QED) is 0.806. The average molecular weight is 394 g/mol. The summed E-state index contributed by atoms with van der Waals surface area (Å²) in [5.41, 5.74) is 0.633. The number of fused-ring (bicyclic) bond motifs is 1. The lowest BCUT2D eigenvalue weighted by Gasteiger charge is -2.44. The number of ether oxygens (including phenoxy) is 2. The van der Waals surface area contributed by atoms with Gasteiger partial charge in [0, 0.05) is 0 Å². The van der Waals surface area contributed by atoms with Crippen LogP contribution in [-0.4, -0.2) is 37.0 Å². The second-order valence-electron chi connectivity index (χ2n) is 7.24. The molecule has 0 bridgehead atoms. The van der Waals surface area contributed by atoms with E-state index >= 15 is 0 Å². The number of nitrogens with zero attached hydrogens (tertiary/aromatic N) is 1. The summed E-state index contributed by atoms with van der Waals surface area (Å²) in [6.45, 7) is -0.436. The fourth-order valence-electron chi connectivity index (χ4n) is 4.13. The van der Waals surface area contributed by atoms with Crippen molar-refractivity contribution in [2.75, 3.05) is 23.9 Å². The highest BCUT2D eigenvalue weighted by Crippen LogP contribution is 2.45. The minimum Gasteiger partial charge on any atom is -0.497 e. The zero-order chi connectivity index (χ0) is 20.4. The Morgan fingerprint density at radius 2 is 1.76 bits per heavy atom. The van der Waals surface area contributed by atoms with E-state index in [1.807, 2.05) is 6.07 Å². The van der Waals surface area contributed by atoms with Crippen LogP contribution in [0.15, 0.2) is 48.5 Å². The van der Waals surface area contributed by atoms with Gasteiger partial charge in [-0.15, -0.1) is 0 Å². The topological polar surface area (TPSA) is 84.9 Å². The van der Waals surface area contributed by atoms with Gasteiger partial charge in [-0.05, 0) is 49.2 Å². The number of hydrogen-bond donors (Lipinski definition) is 1. The van der Waals surface area contributed by atoms with Crippen LogP contribution in [0.25, 0.3) is 0 Å². The third kappa shape index (κ3) is 3.33. The maximum absolute atomic E-state index is 13.2. The molecule has 1 heterocycles. The molecule has 4 rings (SSSR count). The number of benzene rings is 2. The van der Waals surface area contributed by atoms with Crippen molar-refractivity contribution in [3.63, 3.8) is 0 Å². The third-order valence-corrected chi connectivity index (χ3v) is 5.58. The zero-order valence-corrected chi connectivity index (χ0v) is 16.1. The van der Waals surface area contributed by atoms with Gasteiger partial charge >= 0.3 is 5.97 Å². The second-order valence-corrected chi connectivity index (χ2v) is 7.24. The lowest BCUT2D eigenvalue weighted by Crippen LogP contribution is -2.61. The Bertz CT molecular complexity index is 948. The highest BCUT2D eigenvalue weighted by Gasteiger charge is 2.52. The van der Waals surface area contributed by atoms with Gasteiger partial charge in [0.2, 0.25) is 0 Å². The van der Waals surface area contributed by atoms with Gasteiger partial charge in [-0.3, -0.25) is 14.5 Å². The summed E-state index contributed by atoms with van der Waals surface area (Å²) >= 11 is 0. The Morgan fingerprint density at radius 1 is 1.07 bits per heavy atom. The Hall–Kier alpha value is -3.35. The van der Waals surface area contributed by atoms with Crippen molar-refractivity contribution >= 4 is 29.2 Å². The van der Waals surface area contributed by atoms with Crippen molar-refractivity contribution in [2.24, 2.45) is 0 Å². The van der Waals surface area contributed by atoms with Crippen molar-refractivity contribution in [2.45, 2.75) is 31.2 Å². The average Bonchev–Trinajstić information content (AvgIpc) is 3.23. The minimum atomic E-state index is -0.919. The molecule has 0 radical (unpaired) electrons. The molecular formula is C22H22N2O5. The smallest absolute Gasteiger partial charge is 0.338 e. The summed E-state index contributed by atoms with van der Waals surface area (Å²) in [5.74, 6) is -0.562. The second kappa shape index (κ2) is 7.58. The lowest BCUT2D eigenvalue weighted by atomic mass is 9.90. The number of anilines is 2. The summed E-state index contributed by atoms with van der Waals surface area (Å²) in [7, 11) is 1.54. The number of nitrogens with one attached hydrogen (secondary N) is 1. The molecular weight excluding hydrogens is 372 g/mol. The number of amides is 2. The summed E-state index contributed by atoms with van der Waals surface area (Å²) < 4.78 is 10.3. The van der Waals surface area contributed by atoms with E-state index in [1.165, 1.54) is 12.0 Å². The highest BCUT2D eigenvalue weighted by molar-refractivity contribution is 6.15. The van der Waals surface area contributed by atoms with Crippen LogP contribution >= 0.6 is 0 Å². The van der Waals surface area contributed by atoms with Crippen molar-refractivity contribution in [3.05, 3.63) is 54.1 Å². The van der Waals surface area contributed by atoms with Gasteiger partial charge in [0.15, 0.2) is 6.61 Å². The first-order valence-electron chi connectivity index (χ1n) is 9.60. The number of para-hydroxylation sites is 2. The molecule has 0 saturated heterocycles. The van der Waals surface area contributed by atoms with Crippen molar-refractivity contribution in [1.29, 1.82) is 0 Å². The van der Waals surface area contributed by atoms with E-state index in [-0.39, 0.29) is 5.91 Å². The number of esters is 1. The van der Waals surface area contributed by atoms with Crippen LogP contribution in [0.2, 0.25) is 0 Å². The van der Waals surface area contributed by atoms with Crippen LogP contribution in [0.5, 0.6) is 5.75 Å². The van der Waals surface area contributed by atoms with E-state index in [1.54, 1.807) is 42.5 Å². The van der Waals surface area contributed by atoms with E-state index in [2.05, 4.69) is 5.32 Å². The van der Waals surface area contributed by atoms with Crippen LogP contribution in [-0.2, 0) is 14.3 Å². The predicted molar refractivity (Wildman–Crippen MR) is 107 cm³/mol. The molecule has 1 spiro atoms. The van der Waals surface area contributed by atoms with E-state index in [0.717, 1.165) is 12.8 Å². The summed E-state index contributed by atoms with van der Waals surface area (Å²) in [6.07, 6.45) is 2.91. The van der Waals surface area contributed by atoms with Crippen LogP contribution in [0.1, 0.15) is 36.0 Å². The van der Waals surface area contributed by atoms with E-state index in [0.29, 0.717) is 35.5 Å². The molecule has 0 atom stereocenters. The number of carbonyl (C=O) groups excluding carboxylic acids is 3. The van der Waals surface area contributed by atoms with Gasteiger partial charge in [0.25, 0.3) is 11.8 Å². The lowest BCUT2D eigenvalue weighted by molar-refractivity contribution is -0.129. The molecule has 2 amide bonds. The Kier molecular flexibility index (Phi) is 4.96. The molecule has 7 nitrogen and oxygen atoms in total.